The van der Waals surface area contributed by atoms with E-state index in [9.17, 15) is 8.78 Å². The maximum absolute atomic E-state index is 12.0. The molecule has 0 aliphatic carbocycles. The van der Waals surface area contributed by atoms with E-state index in [0.717, 1.165) is 14.9 Å². The molecule has 2 N–H and O–H groups in total. The van der Waals surface area contributed by atoms with Gasteiger partial charge in [0.15, 0.2) is 0 Å². The number of hydrogen-bond acceptors (Lipinski definition) is 3. The van der Waals surface area contributed by atoms with E-state index in [-0.39, 0.29) is 11.8 Å². The summed E-state index contributed by atoms with van der Waals surface area (Å²) in [5.41, 5.74) is 6.89. The zero-order valence-electron chi connectivity index (χ0n) is 9.45. The van der Waals surface area contributed by atoms with Gasteiger partial charge in [0.1, 0.15) is 10.1 Å². The van der Waals surface area contributed by atoms with E-state index in [1.54, 1.807) is 12.1 Å². The fraction of sp³-hybridized carbons (Fsp3) is 0.167. The van der Waals surface area contributed by atoms with Crippen molar-refractivity contribution in [3.8, 4) is 5.75 Å². The summed E-state index contributed by atoms with van der Waals surface area (Å²) in [4.78, 5) is 0.888. The number of thiophene rings is 1. The Morgan fingerprint density at radius 1 is 1.26 bits per heavy atom. The van der Waals surface area contributed by atoms with Crippen molar-refractivity contribution in [2.45, 2.75) is 12.7 Å². The fourth-order valence-corrected chi connectivity index (χ4v) is 3.30. The highest BCUT2D eigenvalue weighted by Crippen LogP contribution is 2.36. The Kier molecular flexibility index (Phi) is 4.78. The topological polar surface area (TPSA) is 35.2 Å². The molecule has 0 bridgehead atoms. The first-order valence-corrected chi connectivity index (χ1v) is 7.21. The molecular weight excluding hydrogens is 360 g/mol. The van der Waals surface area contributed by atoms with Crippen molar-refractivity contribution in [2.24, 2.45) is 5.73 Å². The Bertz CT molecular complexity index is 542. The maximum Gasteiger partial charge on any atom is 0.387 e. The van der Waals surface area contributed by atoms with Gasteiger partial charge in [-0.2, -0.15) is 8.78 Å². The van der Waals surface area contributed by atoms with Gasteiger partial charge in [0.25, 0.3) is 0 Å². The van der Waals surface area contributed by atoms with Gasteiger partial charge < -0.3 is 10.5 Å². The smallest absolute Gasteiger partial charge is 0.387 e. The third kappa shape index (κ3) is 3.66. The molecule has 2 rings (SSSR count). The van der Waals surface area contributed by atoms with Gasteiger partial charge in [-0.3, -0.25) is 0 Å². The van der Waals surface area contributed by atoms with Gasteiger partial charge in [-0.05, 0) is 39.7 Å². The Balaban J connectivity index is 2.17. The Hall–Kier alpha value is -0.690. The van der Waals surface area contributed by atoms with Gasteiger partial charge in [-0.1, -0.05) is 23.7 Å². The highest BCUT2D eigenvalue weighted by molar-refractivity contribution is 9.10. The van der Waals surface area contributed by atoms with Crippen LogP contribution in [0.4, 0.5) is 8.78 Å². The van der Waals surface area contributed by atoms with E-state index in [4.69, 9.17) is 17.3 Å². The molecule has 0 spiro atoms. The lowest BCUT2D eigenvalue weighted by molar-refractivity contribution is -0.0498. The van der Waals surface area contributed by atoms with Crippen LogP contribution < -0.4 is 10.5 Å². The SMILES string of the molecule is NC(c1ccc(OC(F)F)cc1)c1cc(Br)c(Cl)s1. The lowest BCUT2D eigenvalue weighted by Crippen LogP contribution is -2.10. The Morgan fingerprint density at radius 3 is 2.37 bits per heavy atom. The summed E-state index contributed by atoms with van der Waals surface area (Å²) in [6.45, 7) is -2.83. The zero-order valence-corrected chi connectivity index (χ0v) is 12.6. The first kappa shape index (κ1) is 14.7. The molecule has 19 heavy (non-hydrogen) atoms. The van der Waals surface area contributed by atoms with Crippen molar-refractivity contribution in [1.29, 1.82) is 0 Å². The van der Waals surface area contributed by atoms with Crippen LogP contribution in [-0.2, 0) is 0 Å². The van der Waals surface area contributed by atoms with Crippen LogP contribution in [0.15, 0.2) is 34.8 Å². The monoisotopic (exact) mass is 367 g/mol. The molecule has 2 aromatic rings. The van der Waals surface area contributed by atoms with Crippen LogP contribution in [0.1, 0.15) is 16.5 Å². The molecule has 0 fully saturated rings. The molecule has 0 aliphatic rings. The Labute approximate surface area is 126 Å². The summed E-state index contributed by atoms with van der Waals surface area (Å²) in [6, 6.07) is 7.74. The van der Waals surface area contributed by atoms with E-state index in [1.807, 2.05) is 6.07 Å². The van der Waals surface area contributed by atoms with Crippen LogP contribution in [0.3, 0.4) is 0 Å². The summed E-state index contributed by atoms with van der Waals surface area (Å²) >= 11 is 10.6. The van der Waals surface area contributed by atoms with Crippen LogP contribution in [0, 0.1) is 0 Å². The second kappa shape index (κ2) is 6.17. The van der Waals surface area contributed by atoms with Gasteiger partial charge in [-0.25, -0.2) is 0 Å². The zero-order chi connectivity index (χ0) is 14.0. The predicted octanol–water partition coefficient (Wildman–Crippen LogP) is 4.81. The highest BCUT2D eigenvalue weighted by atomic mass is 79.9. The van der Waals surface area contributed by atoms with Gasteiger partial charge in [0.2, 0.25) is 0 Å². The Morgan fingerprint density at radius 2 is 1.89 bits per heavy atom. The second-order valence-electron chi connectivity index (χ2n) is 3.70. The molecule has 1 aromatic carbocycles. The number of nitrogens with two attached hydrogens (primary N) is 1. The van der Waals surface area contributed by atoms with Crippen LogP contribution in [0.5, 0.6) is 5.75 Å². The summed E-state index contributed by atoms with van der Waals surface area (Å²) in [7, 11) is 0. The van der Waals surface area contributed by atoms with Crippen molar-refractivity contribution in [3.05, 3.63) is 49.6 Å². The third-order valence-corrected chi connectivity index (χ3v) is 4.99. The molecular formula is C12H9BrClF2NOS. The first-order chi connectivity index (χ1) is 8.97. The van der Waals surface area contributed by atoms with Crippen LogP contribution in [0.25, 0.3) is 0 Å². The van der Waals surface area contributed by atoms with E-state index in [2.05, 4.69) is 20.7 Å². The summed E-state index contributed by atoms with van der Waals surface area (Å²) < 4.78 is 29.8. The molecule has 1 heterocycles. The number of rotatable bonds is 4. The van der Waals surface area contributed by atoms with Crippen LogP contribution >= 0.6 is 38.9 Å². The van der Waals surface area contributed by atoms with E-state index in [1.165, 1.54) is 23.5 Å². The molecule has 2 nitrogen and oxygen atoms in total. The number of halogens is 4. The van der Waals surface area contributed by atoms with Crippen LogP contribution in [0.2, 0.25) is 4.34 Å². The lowest BCUT2D eigenvalue weighted by Gasteiger charge is -2.11. The average Bonchev–Trinajstić information content (AvgIpc) is 2.69. The second-order valence-corrected chi connectivity index (χ2v) is 6.24. The van der Waals surface area contributed by atoms with Gasteiger partial charge in [0.05, 0.1) is 6.04 Å². The molecule has 1 atom stereocenters. The number of ether oxygens (including phenoxy) is 1. The average molecular weight is 369 g/mol. The summed E-state index contributed by atoms with van der Waals surface area (Å²) in [5, 5.41) is 0. The molecule has 102 valence electrons. The summed E-state index contributed by atoms with van der Waals surface area (Å²) in [6.07, 6.45) is 0. The quantitative estimate of drug-likeness (QED) is 0.840. The molecule has 7 heteroatoms. The normalized spacial score (nSPS) is 12.7. The molecule has 1 aromatic heterocycles. The minimum absolute atomic E-state index is 0.108. The van der Waals surface area contributed by atoms with Crippen LogP contribution in [-0.4, -0.2) is 6.61 Å². The first-order valence-electron chi connectivity index (χ1n) is 5.22. The van der Waals surface area contributed by atoms with Gasteiger partial charge >= 0.3 is 6.61 Å². The minimum atomic E-state index is -2.83. The van der Waals surface area contributed by atoms with Crippen molar-refractivity contribution >= 4 is 38.9 Å². The minimum Gasteiger partial charge on any atom is -0.435 e. The maximum atomic E-state index is 12.0. The van der Waals surface area contributed by atoms with Crippen molar-refractivity contribution < 1.29 is 13.5 Å². The van der Waals surface area contributed by atoms with E-state index in [0.29, 0.717) is 4.34 Å². The molecule has 1 unspecified atom stereocenters. The molecule has 0 radical (unpaired) electrons. The predicted molar refractivity (Wildman–Crippen MR) is 76.1 cm³/mol. The molecule has 0 saturated heterocycles. The molecule has 0 aliphatic heterocycles. The van der Waals surface area contributed by atoms with Gasteiger partial charge in [0, 0.05) is 9.35 Å². The molecule has 0 amide bonds. The standard InChI is InChI=1S/C12H9BrClF2NOS/c13-8-5-9(19-11(8)14)10(17)6-1-3-7(4-2-6)18-12(15)16/h1-5,10,12H,17H2. The molecule has 0 saturated carbocycles. The van der Waals surface area contributed by atoms with E-state index >= 15 is 0 Å². The highest BCUT2D eigenvalue weighted by Gasteiger charge is 2.14. The van der Waals surface area contributed by atoms with E-state index < -0.39 is 6.61 Å². The number of benzene rings is 1. The van der Waals surface area contributed by atoms with Crippen molar-refractivity contribution in [3.63, 3.8) is 0 Å². The van der Waals surface area contributed by atoms with Crippen molar-refractivity contribution in [2.75, 3.05) is 0 Å². The lowest BCUT2D eigenvalue weighted by atomic mass is 10.1. The van der Waals surface area contributed by atoms with Crippen molar-refractivity contribution in [1.82, 2.24) is 0 Å². The summed E-state index contributed by atoms with van der Waals surface area (Å²) in [5.74, 6) is 0.108. The third-order valence-electron chi connectivity index (χ3n) is 2.44. The van der Waals surface area contributed by atoms with Gasteiger partial charge in [-0.15, -0.1) is 11.3 Å². The largest absolute Gasteiger partial charge is 0.435 e. The number of hydrogen-bond donors (Lipinski definition) is 1. The fourth-order valence-electron chi connectivity index (χ4n) is 1.54. The number of alkyl halides is 2.